The van der Waals surface area contributed by atoms with Crippen LogP contribution in [0.1, 0.15) is 31.6 Å². The van der Waals surface area contributed by atoms with Gasteiger partial charge in [0.1, 0.15) is 0 Å². The summed E-state index contributed by atoms with van der Waals surface area (Å²) in [5.74, 6) is 1.45. The first-order valence-electron chi connectivity index (χ1n) is 8.79. The minimum Gasteiger partial charge on any atom is -0.353 e. The Morgan fingerprint density at radius 2 is 2.00 bits per heavy atom. The molecule has 0 bridgehead atoms. The van der Waals surface area contributed by atoms with Gasteiger partial charge < -0.3 is 9.84 Å². The summed E-state index contributed by atoms with van der Waals surface area (Å²) in [5.41, 5.74) is 0.773. The fraction of sp³-hybridized carbons (Fsp3) is 0.500. The third kappa shape index (κ3) is 4.02. The minimum atomic E-state index is 0.137. The Hall–Kier alpha value is -1.92. The van der Waals surface area contributed by atoms with Gasteiger partial charge in [0.05, 0.1) is 11.6 Å². The van der Waals surface area contributed by atoms with Gasteiger partial charge in [0, 0.05) is 17.5 Å². The zero-order chi connectivity index (χ0) is 17.2. The monoisotopic (exact) mass is 360 g/mol. The highest BCUT2D eigenvalue weighted by Crippen LogP contribution is 2.26. The van der Waals surface area contributed by atoms with Crippen molar-refractivity contribution in [3.63, 3.8) is 0 Å². The van der Waals surface area contributed by atoms with Gasteiger partial charge >= 0.3 is 0 Å². The average molecular weight is 361 g/mol. The summed E-state index contributed by atoms with van der Waals surface area (Å²) < 4.78 is 5.37. The van der Waals surface area contributed by atoms with Crippen LogP contribution < -0.4 is 5.32 Å². The zero-order valence-corrected chi connectivity index (χ0v) is 14.7. The topological polar surface area (TPSA) is 71.3 Å². The van der Waals surface area contributed by atoms with Crippen LogP contribution >= 0.6 is 11.6 Å². The number of hydrogen-bond acceptors (Lipinski definition) is 5. The van der Waals surface area contributed by atoms with E-state index in [2.05, 4.69) is 20.4 Å². The lowest BCUT2D eigenvalue weighted by Crippen LogP contribution is -2.40. The highest BCUT2D eigenvalue weighted by Gasteiger charge is 2.30. The lowest BCUT2D eigenvalue weighted by Gasteiger charge is -2.30. The number of nitrogens with one attached hydrogen (secondary N) is 1. The van der Waals surface area contributed by atoms with E-state index >= 15 is 0 Å². The Kier molecular flexibility index (Phi) is 4.72. The molecule has 1 aliphatic carbocycles. The van der Waals surface area contributed by atoms with Gasteiger partial charge in [-0.15, -0.1) is 0 Å². The molecule has 2 heterocycles. The van der Waals surface area contributed by atoms with Crippen molar-refractivity contribution in [3.05, 3.63) is 35.2 Å². The van der Waals surface area contributed by atoms with E-state index in [1.165, 1.54) is 0 Å². The van der Waals surface area contributed by atoms with E-state index in [-0.39, 0.29) is 11.8 Å². The maximum atomic E-state index is 12.1. The molecule has 0 spiro atoms. The van der Waals surface area contributed by atoms with Crippen molar-refractivity contribution in [2.24, 2.45) is 5.92 Å². The standard InChI is InChI=1S/C18H21ClN4O2/c19-15-4-2-1-3-14(15)17-21-16(25-22-17)11-23-9-7-12(8-10-23)18(24)20-13-5-6-13/h1-4,12-13H,5-11H2,(H,20,24). The van der Waals surface area contributed by atoms with Crippen molar-refractivity contribution in [2.45, 2.75) is 38.3 Å². The molecule has 1 saturated carbocycles. The Morgan fingerprint density at radius 3 is 2.72 bits per heavy atom. The van der Waals surface area contributed by atoms with Crippen molar-refractivity contribution in [3.8, 4) is 11.4 Å². The average Bonchev–Trinajstić information content (AvgIpc) is 3.32. The number of nitrogens with zero attached hydrogens (tertiary/aromatic N) is 3. The third-order valence-electron chi connectivity index (χ3n) is 4.82. The molecule has 1 saturated heterocycles. The Labute approximate surface area is 151 Å². The van der Waals surface area contributed by atoms with Crippen LogP contribution in [0.5, 0.6) is 0 Å². The second-order valence-electron chi connectivity index (χ2n) is 6.82. The number of rotatable bonds is 5. The van der Waals surface area contributed by atoms with Crippen LogP contribution in [0, 0.1) is 5.92 Å². The van der Waals surface area contributed by atoms with E-state index < -0.39 is 0 Å². The molecule has 1 aromatic heterocycles. The number of hydrogen-bond donors (Lipinski definition) is 1. The van der Waals surface area contributed by atoms with E-state index in [0.717, 1.165) is 44.3 Å². The molecule has 0 unspecified atom stereocenters. The molecule has 132 valence electrons. The van der Waals surface area contributed by atoms with Crippen LogP contribution in [0.15, 0.2) is 28.8 Å². The first-order valence-corrected chi connectivity index (χ1v) is 9.17. The summed E-state index contributed by atoms with van der Waals surface area (Å²) in [6.07, 6.45) is 4.03. The molecule has 25 heavy (non-hydrogen) atoms. The zero-order valence-electron chi connectivity index (χ0n) is 13.9. The number of aromatic nitrogens is 2. The summed E-state index contributed by atoms with van der Waals surface area (Å²) in [5, 5.41) is 7.75. The molecule has 2 aromatic rings. The number of carbonyl (C=O) groups is 1. The Bertz CT molecular complexity index is 751. The van der Waals surface area contributed by atoms with E-state index in [1.807, 2.05) is 24.3 Å². The fourth-order valence-corrected chi connectivity index (χ4v) is 3.38. The number of likely N-dealkylation sites (tertiary alicyclic amines) is 1. The van der Waals surface area contributed by atoms with Gasteiger partial charge in [0.25, 0.3) is 0 Å². The van der Waals surface area contributed by atoms with E-state index in [4.69, 9.17) is 16.1 Å². The molecule has 7 heteroatoms. The Morgan fingerprint density at radius 1 is 1.24 bits per heavy atom. The van der Waals surface area contributed by atoms with Gasteiger partial charge in [-0.05, 0) is 50.9 Å². The van der Waals surface area contributed by atoms with Gasteiger partial charge in [-0.2, -0.15) is 4.98 Å². The predicted molar refractivity (Wildman–Crippen MR) is 93.9 cm³/mol. The molecule has 1 aromatic carbocycles. The third-order valence-corrected chi connectivity index (χ3v) is 5.15. The molecule has 0 atom stereocenters. The molecular weight excluding hydrogens is 340 g/mol. The molecule has 2 aliphatic rings. The van der Waals surface area contributed by atoms with Gasteiger partial charge in [-0.25, -0.2) is 0 Å². The molecule has 6 nitrogen and oxygen atoms in total. The van der Waals surface area contributed by atoms with Crippen LogP contribution in [-0.2, 0) is 11.3 Å². The minimum absolute atomic E-state index is 0.137. The molecule has 2 fully saturated rings. The molecule has 1 N–H and O–H groups in total. The quantitative estimate of drug-likeness (QED) is 0.887. The van der Waals surface area contributed by atoms with E-state index in [0.29, 0.717) is 29.3 Å². The van der Waals surface area contributed by atoms with E-state index in [1.54, 1.807) is 0 Å². The van der Waals surface area contributed by atoms with Crippen LogP contribution in [0.2, 0.25) is 5.02 Å². The molecule has 0 radical (unpaired) electrons. The van der Waals surface area contributed by atoms with Crippen LogP contribution in [0.4, 0.5) is 0 Å². The summed E-state index contributed by atoms with van der Waals surface area (Å²) in [4.78, 5) is 18.8. The molecular formula is C18H21ClN4O2. The van der Waals surface area contributed by atoms with Crippen molar-refractivity contribution in [2.75, 3.05) is 13.1 Å². The molecule has 1 amide bonds. The van der Waals surface area contributed by atoms with Gasteiger partial charge in [0.15, 0.2) is 0 Å². The van der Waals surface area contributed by atoms with Crippen molar-refractivity contribution >= 4 is 17.5 Å². The first kappa shape index (κ1) is 16.5. The summed E-state index contributed by atoms with van der Waals surface area (Å²) in [6, 6.07) is 7.89. The summed E-state index contributed by atoms with van der Waals surface area (Å²) in [7, 11) is 0. The lowest BCUT2D eigenvalue weighted by molar-refractivity contribution is -0.126. The van der Waals surface area contributed by atoms with Gasteiger partial charge in [0.2, 0.25) is 17.6 Å². The summed E-state index contributed by atoms with van der Waals surface area (Å²) >= 11 is 6.18. The normalized spacial score (nSPS) is 19.1. The van der Waals surface area contributed by atoms with Crippen molar-refractivity contribution in [1.29, 1.82) is 0 Å². The largest absolute Gasteiger partial charge is 0.353 e. The number of halogens is 1. The summed E-state index contributed by atoms with van der Waals surface area (Å²) in [6.45, 7) is 2.34. The van der Waals surface area contributed by atoms with Crippen molar-refractivity contribution < 1.29 is 9.32 Å². The number of carbonyl (C=O) groups excluding carboxylic acids is 1. The highest BCUT2D eigenvalue weighted by atomic mass is 35.5. The fourth-order valence-electron chi connectivity index (χ4n) is 3.16. The maximum Gasteiger partial charge on any atom is 0.241 e. The number of amides is 1. The van der Waals surface area contributed by atoms with Gasteiger partial charge in [-0.1, -0.05) is 28.9 Å². The molecule has 1 aliphatic heterocycles. The predicted octanol–water partition coefficient (Wildman–Crippen LogP) is 2.88. The molecule has 4 rings (SSSR count). The SMILES string of the molecule is O=C(NC1CC1)C1CCN(Cc2nc(-c3ccccc3Cl)no2)CC1. The van der Waals surface area contributed by atoms with Gasteiger partial charge in [-0.3, -0.25) is 9.69 Å². The highest BCUT2D eigenvalue weighted by molar-refractivity contribution is 6.33. The maximum absolute atomic E-state index is 12.1. The second kappa shape index (κ2) is 7.14. The number of benzene rings is 1. The van der Waals surface area contributed by atoms with E-state index in [9.17, 15) is 4.79 Å². The van der Waals surface area contributed by atoms with Crippen molar-refractivity contribution in [1.82, 2.24) is 20.4 Å². The number of piperidine rings is 1. The van der Waals surface area contributed by atoms with Crippen LogP contribution in [0.25, 0.3) is 11.4 Å². The lowest BCUT2D eigenvalue weighted by atomic mass is 9.96. The van der Waals surface area contributed by atoms with Crippen LogP contribution in [0.3, 0.4) is 0 Å². The smallest absolute Gasteiger partial charge is 0.241 e. The first-order chi connectivity index (χ1) is 12.2. The van der Waals surface area contributed by atoms with Crippen LogP contribution in [-0.4, -0.2) is 40.1 Å². The Balaban J connectivity index is 1.31. The second-order valence-corrected chi connectivity index (χ2v) is 7.23.